The van der Waals surface area contributed by atoms with E-state index >= 15 is 0 Å². The van der Waals surface area contributed by atoms with Crippen LogP contribution in [-0.4, -0.2) is 72.4 Å². The van der Waals surface area contributed by atoms with Gasteiger partial charge in [-0.2, -0.15) is 0 Å². The molecule has 2 amide bonds. The molecular weight excluding hydrogens is 326 g/mol. The second-order valence-electron chi connectivity index (χ2n) is 6.33. The predicted molar refractivity (Wildman–Crippen MR) is 96.5 cm³/mol. The Morgan fingerprint density at radius 2 is 2.00 bits per heavy atom. The van der Waals surface area contributed by atoms with Crippen LogP contribution < -0.4 is 10.6 Å². The molecule has 1 saturated heterocycles. The molecular formula is C16H27N5O2S. The maximum atomic E-state index is 12.5. The first-order chi connectivity index (χ1) is 11.5. The quantitative estimate of drug-likeness (QED) is 0.768. The van der Waals surface area contributed by atoms with Gasteiger partial charge in [0.25, 0.3) is 5.91 Å². The molecule has 7 nitrogen and oxygen atoms in total. The van der Waals surface area contributed by atoms with E-state index in [9.17, 15) is 9.59 Å². The molecule has 0 aromatic carbocycles. The number of hydrogen-bond acceptors (Lipinski definition) is 6. The maximum Gasteiger partial charge on any atom is 0.273 e. The van der Waals surface area contributed by atoms with Crippen molar-refractivity contribution in [2.45, 2.75) is 20.8 Å². The van der Waals surface area contributed by atoms with Crippen LogP contribution in [0, 0.1) is 5.92 Å². The van der Waals surface area contributed by atoms with Crippen LogP contribution in [0.2, 0.25) is 0 Å². The van der Waals surface area contributed by atoms with Gasteiger partial charge in [0.2, 0.25) is 5.91 Å². The Bertz CT molecular complexity index is 552. The van der Waals surface area contributed by atoms with Crippen molar-refractivity contribution in [3.63, 3.8) is 0 Å². The highest BCUT2D eigenvalue weighted by Crippen LogP contribution is 2.17. The lowest BCUT2D eigenvalue weighted by molar-refractivity contribution is -0.122. The highest BCUT2D eigenvalue weighted by Gasteiger charge is 2.24. The fourth-order valence-electron chi connectivity index (χ4n) is 2.45. The Kier molecular flexibility index (Phi) is 6.99. The molecule has 0 unspecified atom stereocenters. The SMILES string of the molecule is CCNc1nc(C(=O)N2CCN(CC(=O)NCC(C)C)CC2)cs1. The smallest absolute Gasteiger partial charge is 0.273 e. The molecule has 24 heavy (non-hydrogen) atoms. The van der Waals surface area contributed by atoms with Gasteiger partial charge in [0, 0.05) is 44.6 Å². The zero-order valence-electron chi connectivity index (χ0n) is 14.7. The molecule has 8 heteroatoms. The number of carbonyl (C=O) groups excluding carboxylic acids is 2. The van der Waals surface area contributed by atoms with E-state index in [1.807, 2.05) is 11.8 Å². The van der Waals surface area contributed by atoms with Gasteiger partial charge in [-0.25, -0.2) is 4.98 Å². The van der Waals surface area contributed by atoms with Gasteiger partial charge >= 0.3 is 0 Å². The van der Waals surface area contributed by atoms with Crippen molar-refractivity contribution in [2.24, 2.45) is 5.92 Å². The third kappa shape index (κ3) is 5.45. The number of amides is 2. The fraction of sp³-hybridized carbons (Fsp3) is 0.688. The van der Waals surface area contributed by atoms with Crippen LogP contribution in [0.25, 0.3) is 0 Å². The molecule has 2 N–H and O–H groups in total. The molecule has 1 aliphatic heterocycles. The van der Waals surface area contributed by atoms with Gasteiger partial charge in [0.1, 0.15) is 5.69 Å². The fourth-order valence-corrected chi connectivity index (χ4v) is 3.21. The predicted octanol–water partition coefficient (Wildman–Crippen LogP) is 1.10. The Balaban J connectivity index is 1.77. The second-order valence-corrected chi connectivity index (χ2v) is 7.19. The van der Waals surface area contributed by atoms with Crippen LogP contribution in [0.15, 0.2) is 5.38 Å². The van der Waals surface area contributed by atoms with Crippen LogP contribution in [0.4, 0.5) is 5.13 Å². The van der Waals surface area contributed by atoms with Crippen molar-refractivity contribution in [1.82, 2.24) is 20.1 Å². The molecule has 0 aliphatic carbocycles. The number of aromatic nitrogens is 1. The minimum atomic E-state index is -0.0284. The number of thiazole rings is 1. The van der Waals surface area contributed by atoms with Gasteiger partial charge in [0.15, 0.2) is 5.13 Å². The van der Waals surface area contributed by atoms with E-state index < -0.39 is 0 Å². The Hall–Kier alpha value is -1.67. The molecule has 0 saturated carbocycles. The minimum Gasteiger partial charge on any atom is -0.362 e. The first kappa shape index (κ1) is 18.7. The number of nitrogens with zero attached hydrogens (tertiary/aromatic N) is 3. The lowest BCUT2D eigenvalue weighted by Gasteiger charge is -2.34. The summed E-state index contributed by atoms with van der Waals surface area (Å²) in [5.41, 5.74) is 0.499. The van der Waals surface area contributed by atoms with Crippen molar-refractivity contribution < 1.29 is 9.59 Å². The lowest BCUT2D eigenvalue weighted by atomic mass is 10.2. The van der Waals surface area contributed by atoms with Crippen molar-refractivity contribution in [1.29, 1.82) is 0 Å². The summed E-state index contributed by atoms with van der Waals surface area (Å²) in [7, 11) is 0. The van der Waals surface area contributed by atoms with E-state index in [-0.39, 0.29) is 11.8 Å². The molecule has 1 aliphatic rings. The van der Waals surface area contributed by atoms with Crippen molar-refractivity contribution in [2.75, 3.05) is 51.1 Å². The normalized spacial score (nSPS) is 15.6. The summed E-state index contributed by atoms with van der Waals surface area (Å²) in [6, 6.07) is 0. The van der Waals surface area contributed by atoms with Crippen LogP contribution >= 0.6 is 11.3 Å². The monoisotopic (exact) mass is 353 g/mol. The number of carbonyl (C=O) groups is 2. The van der Waals surface area contributed by atoms with E-state index in [1.54, 1.807) is 5.38 Å². The van der Waals surface area contributed by atoms with Crippen molar-refractivity contribution in [3.8, 4) is 0 Å². The largest absolute Gasteiger partial charge is 0.362 e. The summed E-state index contributed by atoms with van der Waals surface area (Å²) in [6.45, 7) is 10.7. The lowest BCUT2D eigenvalue weighted by Crippen LogP contribution is -2.51. The molecule has 1 aromatic rings. The standard InChI is InChI=1S/C16H27N5O2S/c1-4-17-16-19-13(11-24-16)15(23)21-7-5-20(6-8-21)10-14(22)18-9-12(2)3/h11-12H,4-10H2,1-3H3,(H,17,19)(H,18,22). The molecule has 1 aromatic heterocycles. The van der Waals surface area contributed by atoms with Gasteiger partial charge < -0.3 is 15.5 Å². The van der Waals surface area contributed by atoms with Crippen LogP contribution in [0.1, 0.15) is 31.3 Å². The van der Waals surface area contributed by atoms with E-state index in [4.69, 9.17) is 0 Å². The van der Waals surface area contributed by atoms with E-state index in [0.29, 0.717) is 50.9 Å². The molecule has 2 rings (SSSR count). The minimum absolute atomic E-state index is 0.0284. The molecule has 0 atom stereocenters. The molecule has 0 bridgehead atoms. The van der Waals surface area contributed by atoms with Gasteiger partial charge in [0.05, 0.1) is 6.54 Å². The summed E-state index contributed by atoms with van der Waals surface area (Å²) in [6.07, 6.45) is 0. The zero-order chi connectivity index (χ0) is 17.5. The summed E-state index contributed by atoms with van der Waals surface area (Å²) >= 11 is 1.45. The maximum absolute atomic E-state index is 12.5. The van der Waals surface area contributed by atoms with E-state index in [0.717, 1.165) is 11.7 Å². The Labute approximate surface area is 147 Å². The molecule has 1 fully saturated rings. The van der Waals surface area contributed by atoms with Gasteiger partial charge in [-0.05, 0) is 12.8 Å². The molecule has 134 valence electrons. The summed E-state index contributed by atoms with van der Waals surface area (Å²) in [5.74, 6) is 0.478. The van der Waals surface area contributed by atoms with Crippen molar-refractivity contribution in [3.05, 3.63) is 11.1 Å². The highest BCUT2D eigenvalue weighted by molar-refractivity contribution is 7.13. The van der Waals surface area contributed by atoms with Crippen LogP contribution in [0.5, 0.6) is 0 Å². The number of piperazine rings is 1. The Morgan fingerprint density at radius 3 is 2.62 bits per heavy atom. The summed E-state index contributed by atoms with van der Waals surface area (Å²) in [4.78, 5) is 32.6. The number of rotatable bonds is 7. The molecule has 0 radical (unpaired) electrons. The highest BCUT2D eigenvalue weighted by atomic mass is 32.1. The van der Waals surface area contributed by atoms with Gasteiger partial charge in [-0.15, -0.1) is 11.3 Å². The second kappa shape index (κ2) is 8.98. The van der Waals surface area contributed by atoms with E-state index in [2.05, 4.69) is 34.4 Å². The summed E-state index contributed by atoms with van der Waals surface area (Å²) in [5, 5.41) is 8.62. The van der Waals surface area contributed by atoms with Gasteiger partial charge in [-0.1, -0.05) is 13.8 Å². The average Bonchev–Trinajstić information content (AvgIpc) is 3.02. The first-order valence-electron chi connectivity index (χ1n) is 8.47. The zero-order valence-corrected chi connectivity index (χ0v) is 15.5. The van der Waals surface area contributed by atoms with E-state index in [1.165, 1.54) is 11.3 Å². The number of anilines is 1. The van der Waals surface area contributed by atoms with Crippen molar-refractivity contribution >= 4 is 28.3 Å². The van der Waals surface area contributed by atoms with Crippen LogP contribution in [-0.2, 0) is 4.79 Å². The molecule has 2 heterocycles. The van der Waals surface area contributed by atoms with Gasteiger partial charge in [-0.3, -0.25) is 14.5 Å². The van der Waals surface area contributed by atoms with Crippen LogP contribution in [0.3, 0.4) is 0 Å². The Morgan fingerprint density at radius 1 is 1.29 bits per heavy atom. The summed E-state index contributed by atoms with van der Waals surface area (Å²) < 4.78 is 0. The number of hydrogen-bond donors (Lipinski definition) is 2. The molecule has 0 spiro atoms. The third-order valence-corrected chi connectivity index (χ3v) is 4.59. The first-order valence-corrected chi connectivity index (χ1v) is 9.35. The number of nitrogens with one attached hydrogen (secondary N) is 2. The third-order valence-electron chi connectivity index (χ3n) is 3.79. The average molecular weight is 353 g/mol. The topological polar surface area (TPSA) is 77.6 Å².